The van der Waals surface area contributed by atoms with E-state index in [0.29, 0.717) is 10.9 Å². The number of ether oxygens (including phenoxy) is 2. The quantitative estimate of drug-likeness (QED) is 0.758. The number of hydrogen-bond acceptors (Lipinski definition) is 3. The van der Waals surface area contributed by atoms with E-state index in [1.807, 2.05) is 30.3 Å². The molecule has 0 unspecified atom stereocenters. The van der Waals surface area contributed by atoms with Crippen molar-refractivity contribution in [3.8, 4) is 11.5 Å². The molecule has 0 bridgehead atoms. The van der Waals surface area contributed by atoms with E-state index in [0.717, 1.165) is 23.4 Å². The van der Waals surface area contributed by atoms with Crippen LogP contribution in [-0.2, 0) is 0 Å². The van der Waals surface area contributed by atoms with Gasteiger partial charge in [-0.1, -0.05) is 30.7 Å². The minimum Gasteiger partial charge on any atom is -0.493 e. The van der Waals surface area contributed by atoms with Gasteiger partial charge in [0.1, 0.15) is 0 Å². The molecule has 2 N–H and O–H groups in total. The van der Waals surface area contributed by atoms with E-state index in [1.54, 1.807) is 14.2 Å². The molecule has 4 nitrogen and oxygen atoms in total. The van der Waals surface area contributed by atoms with Crippen molar-refractivity contribution in [3.63, 3.8) is 0 Å². The van der Waals surface area contributed by atoms with Gasteiger partial charge in [-0.25, -0.2) is 0 Å². The molecule has 128 valence electrons. The second kappa shape index (κ2) is 8.55. The Morgan fingerprint density at radius 1 is 1.04 bits per heavy atom. The van der Waals surface area contributed by atoms with Crippen LogP contribution in [0.1, 0.15) is 30.5 Å². The van der Waals surface area contributed by atoms with E-state index in [4.69, 9.17) is 21.7 Å². The topological polar surface area (TPSA) is 42.5 Å². The molecular weight excluding hydrogens is 320 g/mol. The van der Waals surface area contributed by atoms with Gasteiger partial charge < -0.3 is 20.1 Å². The van der Waals surface area contributed by atoms with E-state index in [1.165, 1.54) is 5.56 Å². The fraction of sp³-hybridized carbons (Fsp3) is 0.316. The number of benzene rings is 2. The smallest absolute Gasteiger partial charge is 0.171 e. The van der Waals surface area contributed by atoms with E-state index in [2.05, 4.69) is 36.6 Å². The summed E-state index contributed by atoms with van der Waals surface area (Å²) in [7, 11) is 3.27. The van der Waals surface area contributed by atoms with Crippen LogP contribution < -0.4 is 20.1 Å². The predicted molar refractivity (Wildman–Crippen MR) is 103 cm³/mol. The van der Waals surface area contributed by atoms with Crippen molar-refractivity contribution in [2.75, 3.05) is 19.5 Å². The summed E-state index contributed by atoms with van der Waals surface area (Å²) >= 11 is 5.44. The molecule has 24 heavy (non-hydrogen) atoms. The van der Waals surface area contributed by atoms with Gasteiger partial charge in [-0.15, -0.1) is 0 Å². The third-order valence-electron chi connectivity index (χ3n) is 3.83. The van der Waals surface area contributed by atoms with Crippen molar-refractivity contribution in [1.82, 2.24) is 5.32 Å². The Balaban J connectivity index is 2.08. The lowest BCUT2D eigenvalue weighted by molar-refractivity contribution is 0.354. The standard InChI is InChI=1S/C19H24N2O2S/c1-5-16(14-8-11-17(22-3)18(12-14)23-4)21-19(24)20-15-9-6-13(2)7-10-15/h6-12,16H,5H2,1-4H3,(H2,20,21,24)/t16-/m0/s1. The van der Waals surface area contributed by atoms with Crippen LogP contribution in [0.25, 0.3) is 0 Å². The van der Waals surface area contributed by atoms with Crippen LogP contribution in [0.5, 0.6) is 11.5 Å². The molecule has 1 atom stereocenters. The molecule has 0 saturated carbocycles. The number of hydrogen-bond donors (Lipinski definition) is 2. The molecule has 2 rings (SSSR count). The third kappa shape index (κ3) is 4.61. The van der Waals surface area contributed by atoms with Crippen LogP contribution in [0.4, 0.5) is 5.69 Å². The van der Waals surface area contributed by atoms with Gasteiger partial charge in [0.05, 0.1) is 20.3 Å². The zero-order chi connectivity index (χ0) is 17.5. The first-order valence-corrected chi connectivity index (χ1v) is 8.34. The Bertz CT molecular complexity index is 686. The van der Waals surface area contributed by atoms with Crippen molar-refractivity contribution < 1.29 is 9.47 Å². The number of thiocarbonyl (C=S) groups is 1. The molecule has 0 aliphatic carbocycles. The highest BCUT2D eigenvalue weighted by Crippen LogP contribution is 2.30. The van der Waals surface area contributed by atoms with E-state index in [9.17, 15) is 0 Å². The second-order valence-electron chi connectivity index (χ2n) is 5.54. The lowest BCUT2D eigenvalue weighted by Crippen LogP contribution is -2.32. The van der Waals surface area contributed by atoms with Crippen LogP contribution in [0.15, 0.2) is 42.5 Å². The first-order chi connectivity index (χ1) is 11.6. The number of anilines is 1. The number of aryl methyl sites for hydroxylation is 1. The van der Waals surface area contributed by atoms with E-state index >= 15 is 0 Å². The summed E-state index contributed by atoms with van der Waals surface area (Å²) in [5.74, 6) is 1.43. The zero-order valence-corrected chi connectivity index (χ0v) is 15.4. The SMILES string of the molecule is CC[C@H](NC(=S)Nc1ccc(C)cc1)c1ccc(OC)c(OC)c1. The zero-order valence-electron chi connectivity index (χ0n) is 14.6. The van der Waals surface area contributed by atoms with Gasteiger partial charge in [0, 0.05) is 5.69 Å². The maximum atomic E-state index is 5.44. The number of nitrogens with one attached hydrogen (secondary N) is 2. The average molecular weight is 344 g/mol. The summed E-state index contributed by atoms with van der Waals surface area (Å²) < 4.78 is 10.7. The summed E-state index contributed by atoms with van der Waals surface area (Å²) in [6.45, 7) is 4.17. The van der Waals surface area contributed by atoms with Gasteiger partial charge in [-0.2, -0.15) is 0 Å². The van der Waals surface area contributed by atoms with Gasteiger partial charge in [0.15, 0.2) is 16.6 Å². The summed E-state index contributed by atoms with van der Waals surface area (Å²) in [5, 5.41) is 7.18. The van der Waals surface area contributed by atoms with Crippen molar-refractivity contribution in [2.24, 2.45) is 0 Å². The molecule has 5 heteroatoms. The summed E-state index contributed by atoms with van der Waals surface area (Å²) in [4.78, 5) is 0. The molecule has 0 aliphatic heterocycles. The van der Waals surface area contributed by atoms with Crippen LogP contribution in [-0.4, -0.2) is 19.3 Å². The van der Waals surface area contributed by atoms with Gasteiger partial charge >= 0.3 is 0 Å². The highest BCUT2D eigenvalue weighted by molar-refractivity contribution is 7.80. The van der Waals surface area contributed by atoms with Crippen molar-refractivity contribution in [1.29, 1.82) is 0 Å². The molecule has 0 amide bonds. The lowest BCUT2D eigenvalue weighted by Gasteiger charge is -2.21. The largest absolute Gasteiger partial charge is 0.493 e. The Morgan fingerprint density at radius 2 is 1.71 bits per heavy atom. The van der Waals surface area contributed by atoms with Crippen LogP contribution in [0, 0.1) is 6.92 Å². The van der Waals surface area contributed by atoms with Crippen LogP contribution in [0.2, 0.25) is 0 Å². The molecule has 0 fully saturated rings. The first kappa shape index (κ1) is 18.1. The summed E-state index contributed by atoms with van der Waals surface area (Å²) in [6, 6.07) is 14.1. The highest BCUT2D eigenvalue weighted by atomic mass is 32.1. The van der Waals surface area contributed by atoms with Gasteiger partial charge in [0.2, 0.25) is 0 Å². The Morgan fingerprint density at radius 3 is 2.29 bits per heavy atom. The second-order valence-corrected chi connectivity index (χ2v) is 5.95. The third-order valence-corrected chi connectivity index (χ3v) is 4.05. The average Bonchev–Trinajstić information content (AvgIpc) is 2.61. The fourth-order valence-electron chi connectivity index (χ4n) is 2.45. The Labute approximate surface area is 149 Å². The summed E-state index contributed by atoms with van der Waals surface area (Å²) in [6.07, 6.45) is 0.894. The minimum absolute atomic E-state index is 0.0928. The molecule has 0 heterocycles. The van der Waals surface area contributed by atoms with E-state index in [-0.39, 0.29) is 6.04 Å². The molecular formula is C19H24N2O2S. The monoisotopic (exact) mass is 344 g/mol. The van der Waals surface area contributed by atoms with Gasteiger partial charge in [0.25, 0.3) is 0 Å². The van der Waals surface area contributed by atoms with Crippen molar-refractivity contribution >= 4 is 23.0 Å². The lowest BCUT2D eigenvalue weighted by atomic mass is 10.0. The van der Waals surface area contributed by atoms with Crippen LogP contribution >= 0.6 is 12.2 Å². The maximum Gasteiger partial charge on any atom is 0.171 e. The van der Waals surface area contributed by atoms with E-state index < -0.39 is 0 Å². The minimum atomic E-state index is 0.0928. The van der Waals surface area contributed by atoms with Crippen molar-refractivity contribution in [2.45, 2.75) is 26.3 Å². The summed E-state index contributed by atoms with van der Waals surface area (Å²) in [5.41, 5.74) is 3.29. The molecule has 0 aliphatic rings. The highest BCUT2D eigenvalue weighted by Gasteiger charge is 2.14. The van der Waals surface area contributed by atoms with Crippen LogP contribution in [0.3, 0.4) is 0 Å². The molecule has 2 aromatic rings. The molecule has 0 radical (unpaired) electrons. The van der Waals surface area contributed by atoms with Crippen molar-refractivity contribution in [3.05, 3.63) is 53.6 Å². The molecule has 0 aromatic heterocycles. The normalized spacial score (nSPS) is 11.5. The number of methoxy groups -OCH3 is 2. The Kier molecular flexibility index (Phi) is 6.44. The first-order valence-electron chi connectivity index (χ1n) is 7.93. The fourth-order valence-corrected chi connectivity index (χ4v) is 2.71. The molecule has 0 spiro atoms. The number of rotatable bonds is 6. The maximum absolute atomic E-state index is 5.44. The molecule has 0 saturated heterocycles. The molecule has 2 aromatic carbocycles. The predicted octanol–water partition coefficient (Wildman–Crippen LogP) is 4.45. The van der Waals surface area contributed by atoms with Gasteiger partial charge in [-0.3, -0.25) is 0 Å². The Hall–Kier alpha value is -2.27. The van der Waals surface area contributed by atoms with Gasteiger partial charge in [-0.05, 0) is 55.4 Å².